The number of hydrogen-bond donors (Lipinski definition) is 1. The fourth-order valence-corrected chi connectivity index (χ4v) is 1.64. The van der Waals surface area contributed by atoms with Crippen LogP contribution < -0.4 is 5.32 Å². The minimum absolute atomic E-state index is 0.828. The van der Waals surface area contributed by atoms with Gasteiger partial charge in [0.25, 0.3) is 0 Å². The molecule has 1 N–H and O–H groups in total. The van der Waals surface area contributed by atoms with Crippen molar-refractivity contribution in [1.29, 1.82) is 0 Å². The highest BCUT2D eigenvalue weighted by atomic mass is 15.2. The maximum absolute atomic E-state index is 4.17. The maximum atomic E-state index is 4.17. The highest BCUT2D eigenvalue weighted by Gasteiger charge is 2.03. The zero-order valence-electron chi connectivity index (χ0n) is 9.72. The van der Waals surface area contributed by atoms with Gasteiger partial charge in [0.1, 0.15) is 0 Å². The summed E-state index contributed by atoms with van der Waals surface area (Å²) in [6.45, 7) is 4.76. The number of aromatic nitrogens is 4. The van der Waals surface area contributed by atoms with Crippen molar-refractivity contribution in [2.45, 2.75) is 20.0 Å². The third-order valence-corrected chi connectivity index (χ3v) is 2.47. The van der Waals surface area contributed by atoms with E-state index in [1.54, 1.807) is 0 Å². The van der Waals surface area contributed by atoms with Crippen molar-refractivity contribution in [1.82, 2.24) is 24.6 Å². The summed E-state index contributed by atoms with van der Waals surface area (Å²) in [5, 5.41) is 7.46. The van der Waals surface area contributed by atoms with Crippen LogP contribution in [0.3, 0.4) is 0 Å². The summed E-state index contributed by atoms with van der Waals surface area (Å²) in [6, 6.07) is 0. The smallest absolute Gasteiger partial charge is 0.0951 e. The first kappa shape index (κ1) is 10.9. The number of hydrogen-bond acceptors (Lipinski definition) is 3. The largest absolute Gasteiger partial charge is 0.329 e. The summed E-state index contributed by atoms with van der Waals surface area (Å²) in [5.41, 5.74) is 2.39. The molecule has 0 saturated heterocycles. The molecule has 0 bridgehead atoms. The van der Waals surface area contributed by atoms with Crippen LogP contribution in [0.2, 0.25) is 0 Å². The van der Waals surface area contributed by atoms with Gasteiger partial charge in [0, 0.05) is 31.5 Å². The highest BCUT2D eigenvalue weighted by Crippen LogP contribution is 2.05. The number of imidazole rings is 1. The average Bonchev–Trinajstić information content (AvgIpc) is 2.86. The van der Waals surface area contributed by atoms with Gasteiger partial charge < -0.3 is 9.88 Å². The highest BCUT2D eigenvalue weighted by molar-refractivity contribution is 5.08. The zero-order valence-corrected chi connectivity index (χ0v) is 9.72. The number of rotatable bonds is 5. The maximum Gasteiger partial charge on any atom is 0.0951 e. The molecule has 0 unspecified atom stereocenters. The third kappa shape index (κ3) is 2.49. The normalized spacial score (nSPS) is 10.9. The van der Waals surface area contributed by atoms with Crippen LogP contribution in [0, 0.1) is 0 Å². The lowest BCUT2D eigenvalue weighted by Crippen LogP contribution is -2.15. The van der Waals surface area contributed by atoms with Crippen molar-refractivity contribution in [3.8, 4) is 0 Å². The molecule has 2 aromatic rings. The van der Waals surface area contributed by atoms with E-state index in [0.717, 1.165) is 19.6 Å². The predicted octanol–water partition coefficient (Wildman–Crippen LogP) is 0.774. The van der Waals surface area contributed by atoms with E-state index in [1.807, 2.05) is 36.6 Å². The number of nitrogens with zero attached hydrogens (tertiary/aromatic N) is 4. The van der Waals surface area contributed by atoms with Gasteiger partial charge in [-0.05, 0) is 6.54 Å². The van der Waals surface area contributed by atoms with Crippen LogP contribution >= 0.6 is 0 Å². The minimum Gasteiger partial charge on any atom is -0.329 e. The molecule has 0 spiro atoms. The first-order chi connectivity index (χ1) is 7.79. The molecule has 5 heteroatoms. The zero-order chi connectivity index (χ0) is 11.4. The number of nitrogens with one attached hydrogen (secondary N) is 1. The molecular formula is C11H17N5. The molecule has 2 rings (SSSR count). The van der Waals surface area contributed by atoms with Crippen LogP contribution in [0.1, 0.15) is 18.2 Å². The molecule has 0 atom stereocenters. The Hall–Kier alpha value is -1.62. The molecule has 0 amide bonds. The topological polar surface area (TPSA) is 47.7 Å². The van der Waals surface area contributed by atoms with Crippen molar-refractivity contribution < 1.29 is 0 Å². The summed E-state index contributed by atoms with van der Waals surface area (Å²) < 4.78 is 3.95. The Morgan fingerprint density at radius 3 is 2.94 bits per heavy atom. The Morgan fingerprint density at radius 1 is 1.38 bits per heavy atom. The molecular weight excluding hydrogens is 202 g/mol. The Labute approximate surface area is 95.1 Å². The second kappa shape index (κ2) is 4.94. The Morgan fingerprint density at radius 2 is 2.25 bits per heavy atom. The van der Waals surface area contributed by atoms with Crippen LogP contribution in [0.15, 0.2) is 24.9 Å². The summed E-state index contributed by atoms with van der Waals surface area (Å²) in [6.07, 6.45) is 7.67. The van der Waals surface area contributed by atoms with Gasteiger partial charge in [-0.15, -0.1) is 0 Å². The van der Waals surface area contributed by atoms with Crippen molar-refractivity contribution >= 4 is 0 Å². The van der Waals surface area contributed by atoms with Gasteiger partial charge in [0.15, 0.2) is 0 Å². The quantitative estimate of drug-likeness (QED) is 0.808. The Bertz CT molecular complexity index is 443. The van der Waals surface area contributed by atoms with E-state index in [0.29, 0.717) is 0 Å². The summed E-state index contributed by atoms with van der Waals surface area (Å²) >= 11 is 0. The molecule has 5 nitrogen and oxygen atoms in total. The van der Waals surface area contributed by atoms with E-state index >= 15 is 0 Å². The van der Waals surface area contributed by atoms with E-state index in [2.05, 4.69) is 26.9 Å². The van der Waals surface area contributed by atoms with Crippen LogP contribution in [0.4, 0.5) is 0 Å². The molecule has 86 valence electrons. The van der Waals surface area contributed by atoms with Gasteiger partial charge in [-0.25, -0.2) is 4.98 Å². The van der Waals surface area contributed by atoms with Crippen molar-refractivity contribution in [2.24, 2.45) is 7.05 Å². The Balaban J connectivity index is 2.06. The summed E-state index contributed by atoms with van der Waals surface area (Å²) in [7, 11) is 1.93. The second-order valence-corrected chi connectivity index (χ2v) is 3.82. The minimum atomic E-state index is 0.828. The molecule has 0 aliphatic rings. The SMILES string of the molecule is CCNCc1cncn1Cc1cnn(C)c1. The lowest BCUT2D eigenvalue weighted by Gasteiger charge is -2.06. The van der Waals surface area contributed by atoms with E-state index in [1.165, 1.54) is 11.3 Å². The molecule has 0 radical (unpaired) electrons. The van der Waals surface area contributed by atoms with Crippen LogP contribution in [0.5, 0.6) is 0 Å². The second-order valence-electron chi connectivity index (χ2n) is 3.82. The van der Waals surface area contributed by atoms with E-state index in [9.17, 15) is 0 Å². The lowest BCUT2D eigenvalue weighted by molar-refractivity contribution is 0.656. The van der Waals surface area contributed by atoms with E-state index < -0.39 is 0 Å². The monoisotopic (exact) mass is 219 g/mol. The lowest BCUT2D eigenvalue weighted by atomic mass is 10.3. The van der Waals surface area contributed by atoms with Crippen molar-refractivity contribution in [3.05, 3.63) is 36.2 Å². The van der Waals surface area contributed by atoms with Gasteiger partial charge in [-0.1, -0.05) is 6.92 Å². The van der Waals surface area contributed by atoms with Crippen LogP contribution in [0.25, 0.3) is 0 Å². The van der Waals surface area contributed by atoms with Gasteiger partial charge in [-0.3, -0.25) is 4.68 Å². The fraction of sp³-hybridized carbons (Fsp3) is 0.455. The summed E-state index contributed by atoms with van der Waals surface area (Å²) in [5.74, 6) is 0. The third-order valence-electron chi connectivity index (χ3n) is 2.47. The molecule has 0 aliphatic heterocycles. The summed E-state index contributed by atoms with van der Waals surface area (Å²) in [4.78, 5) is 4.17. The van der Waals surface area contributed by atoms with Crippen LogP contribution in [-0.2, 0) is 20.1 Å². The standard InChI is InChI=1S/C11H17N5/c1-3-12-5-11-6-13-9-16(11)8-10-4-14-15(2)7-10/h4,6-7,9,12H,3,5,8H2,1-2H3. The molecule has 2 aromatic heterocycles. The van der Waals surface area contributed by atoms with Crippen LogP contribution in [-0.4, -0.2) is 25.9 Å². The van der Waals surface area contributed by atoms with Gasteiger partial charge >= 0.3 is 0 Å². The van der Waals surface area contributed by atoms with Gasteiger partial charge in [0.2, 0.25) is 0 Å². The van der Waals surface area contributed by atoms with Crippen molar-refractivity contribution in [2.75, 3.05) is 6.54 Å². The molecule has 2 heterocycles. The molecule has 0 fully saturated rings. The fourth-order valence-electron chi connectivity index (χ4n) is 1.64. The molecule has 0 saturated carbocycles. The first-order valence-corrected chi connectivity index (χ1v) is 5.47. The molecule has 16 heavy (non-hydrogen) atoms. The Kier molecular flexibility index (Phi) is 3.36. The predicted molar refractivity (Wildman–Crippen MR) is 61.9 cm³/mol. The first-order valence-electron chi connectivity index (χ1n) is 5.47. The van der Waals surface area contributed by atoms with Crippen molar-refractivity contribution in [3.63, 3.8) is 0 Å². The molecule has 0 aromatic carbocycles. The average molecular weight is 219 g/mol. The van der Waals surface area contributed by atoms with Gasteiger partial charge in [0.05, 0.1) is 24.8 Å². The molecule has 0 aliphatic carbocycles. The van der Waals surface area contributed by atoms with Gasteiger partial charge in [-0.2, -0.15) is 5.10 Å². The van der Waals surface area contributed by atoms with E-state index in [4.69, 9.17) is 0 Å². The van der Waals surface area contributed by atoms with E-state index in [-0.39, 0.29) is 0 Å². The number of aryl methyl sites for hydroxylation is 1.